The molecule has 0 aliphatic rings. The Balaban J connectivity index is 2.74. The first-order valence-corrected chi connectivity index (χ1v) is 6.89. The molecule has 1 heterocycles. The third kappa shape index (κ3) is 3.55. The molecule has 0 bridgehead atoms. The zero-order chi connectivity index (χ0) is 12.0. The quantitative estimate of drug-likeness (QED) is 0.720. The molecule has 1 aromatic rings. The van der Waals surface area contributed by atoms with Crippen LogP contribution < -0.4 is 0 Å². The number of hydrogen-bond acceptors (Lipinski definition) is 2. The van der Waals surface area contributed by atoms with Crippen LogP contribution >= 0.6 is 15.9 Å². The lowest BCUT2D eigenvalue weighted by Crippen LogP contribution is -2.22. The van der Waals surface area contributed by atoms with Gasteiger partial charge in [-0.25, -0.2) is 4.98 Å². The van der Waals surface area contributed by atoms with Crippen molar-refractivity contribution >= 4 is 15.9 Å². The number of rotatable bonds is 6. The largest absolute Gasteiger partial charge is 0.256 e. The molecule has 0 aromatic carbocycles. The van der Waals surface area contributed by atoms with E-state index in [0.29, 0.717) is 0 Å². The zero-order valence-electron chi connectivity index (χ0n) is 10.5. The van der Waals surface area contributed by atoms with Crippen LogP contribution in [0, 0.1) is 0 Å². The van der Waals surface area contributed by atoms with E-state index < -0.39 is 0 Å². The fourth-order valence-electron chi connectivity index (χ4n) is 1.88. The fourth-order valence-corrected chi connectivity index (χ4v) is 2.08. The summed E-state index contributed by atoms with van der Waals surface area (Å²) in [6, 6.07) is 0. The van der Waals surface area contributed by atoms with Crippen LogP contribution in [0.2, 0.25) is 0 Å². The first kappa shape index (κ1) is 13.6. The maximum Gasteiger partial charge on any atom is 0.124 e. The van der Waals surface area contributed by atoms with Crippen molar-refractivity contribution in [3.63, 3.8) is 0 Å². The molecule has 16 heavy (non-hydrogen) atoms. The lowest BCUT2D eigenvalue weighted by Gasteiger charge is -2.27. The maximum absolute atomic E-state index is 4.49. The minimum absolute atomic E-state index is 0.183. The second-order valence-electron chi connectivity index (χ2n) is 4.60. The highest BCUT2D eigenvalue weighted by atomic mass is 79.9. The molecular weight excluding hydrogens is 264 g/mol. The Kier molecular flexibility index (Phi) is 5.39. The van der Waals surface area contributed by atoms with Gasteiger partial charge in [0.15, 0.2) is 0 Å². The summed E-state index contributed by atoms with van der Waals surface area (Å²) in [6.45, 7) is 6.76. The molecule has 1 rings (SSSR count). The van der Waals surface area contributed by atoms with Crippen LogP contribution in [0.25, 0.3) is 0 Å². The third-order valence-corrected chi connectivity index (χ3v) is 3.76. The molecule has 0 saturated carbocycles. The molecule has 0 fully saturated rings. The molecule has 90 valence electrons. The van der Waals surface area contributed by atoms with Crippen molar-refractivity contribution < 1.29 is 0 Å². The topological polar surface area (TPSA) is 25.8 Å². The number of nitrogens with zero attached hydrogens (tertiary/aromatic N) is 2. The number of halogens is 1. The van der Waals surface area contributed by atoms with Crippen molar-refractivity contribution in [1.82, 2.24) is 9.97 Å². The average Bonchev–Trinajstić information content (AvgIpc) is 2.30. The number of aromatic nitrogens is 2. The Hall–Kier alpha value is -0.440. The third-order valence-electron chi connectivity index (χ3n) is 3.35. The maximum atomic E-state index is 4.49. The minimum atomic E-state index is 0.183. The van der Waals surface area contributed by atoms with Crippen LogP contribution in [0.5, 0.6) is 0 Å². The Morgan fingerprint density at radius 1 is 1.19 bits per heavy atom. The van der Waals surface area contributed by atoms with E-state index in [1.54, 1.807) is 6.20 Å². The Labute approximate surface area is 107 Å². The van der Waals surface area contributed by atoms with Gasteiger partial charge in [-0.2, -0.15) is 0 Å². The van der Waals surface area contributed by atoms with Gasteiger partial charge in [0.05, 0.1) is 18.1 Å². The molecule has 1 unspecified atom stereocenters. The van der Waals surface area contributed by atoms with Crippen molar-refractivity contribution in [3.05, 3.63) is 22.7 Å². The van der Waals surface area contributed by atoms with E-state index in [0.717, 1.165) is 16.7 Å². The lowest BCUT2D eigenvalue weighted by molar-refractivity contribution is 0.386. The molecule has 0 N–H and O–H groups in total. The van der Waals surface area contributed by atoms with E-state index in [4.69, 9.17) is 0 Å². The molecular formula is C13H21BrN2. The second kappa shape index (κ2) is 6.33. The highest BCUT2D eigenvalue weighted by Gasteiger charge is 2.25. The minimum Gasteiger partial charge on any atom is -0.256 e. The average molecular weight is 285 g/mol. The van der Waals surface area contributed by atoms with E-state index in [1.165, 1.54) is 25.7 Å². The first-order chi connectivity index (χ1) is 7.62. The van der Waals surface area contributed by atoms with Crippen LogP contribution in [-0.2, 0) is 5.41 Å². The molecule has 2 nitrogen and oxygen atoms in total. The molecule has 0 spiro atoms. The van der Waals surface area contributed by atoms with Gasteiger partial charge in [0.25, 0.3) is 0 Å². The molecule has 0 aliphatic carbocycles. The predicted molar refractivity (Wildman–Crippen MR) is 71.5 cm³/mol. The summed E-state index contributed by atoms with van der Waals surface area (Å²) in [5, 5.41) is 0. The van der Waals surface area contributed by atoms with Gasteiger partial charge in [0, 0.05) is 5.41 Å². The van der Waals surface area contributed by atoms with Crippen molar-refractivity contribution in [2.75, 3.05) is 0 Å². The van der Waals surface area contributed by atoms with E-state index in [9.17, 15) is 0 Å². The Morgan fingerprint density at radius 3 is 2.44 bits per heavy atom. The van der Waals surface area contributed by atoms with Crippen LogP contribution in [-0.4, -0.2) is 9.97 Å². The Bertz CT molecular complexity index is 310. The molecule has 3 heteroatoms. The van der Waals surface area contributed by atoms with Crippen molar-refractivity contribution in [2.24, 2.45) is 0 Å². The highest BCUT2D eigenvalue weighted by Crippen LogP contribution is 2.31. The number of unbranched alkanes of at least 4 members (excludes halogenated alkanes) is 2. The van der Waals surface area contributed by atoms with E-state index >= 15 is 0 Å². The second-order valence-corrected chi connectivity index (χ2v) is 5.41. The van der Waals surface area contributed by atoms with Gasteiger partial charge >= 0.3 is 0 Å². The van der Waals surface area contributed by atoms with Gasteiger partial charge < -0.3 is 0 Å². The lowest BCUT2D eigenvalue weighted by atomic mass is 9.79. The molecule has 0 amide bonds. The van der Waals surface area contributed by atoms with Gasteiger partial charge in [-0.1, -0.05) is 40.0 Å². The van der Waals surface area contributed by atoms with Crippen LogP contribution in [0.3, 0.4) is 0 Å². The summed E-state index contributed by atoms with van der Waals surface area (Å²) in [5.41, 5.74) is 1.30. The molecule has 0 radical (unpaired) electrons. The van der Waals surface area contributed by atoms with Gasteiger partial charge in [0.1, 0.15) is 4.60 Å². The first-order valence-electron chi connectivity index (χ1n) is 6.10. The standard InChI is InChI=1S/C13H21BrN2/c1-4-6-7-8-13(3,5-2)11-9-16-12(14)10-15-11/h9-10H,4-8H2,1-3H3. The summed E-state index contributed by atoms with van der Waals surface area (Å²) in [6.07, 6.45) is 9.87. The van der Waals surface area contributed by atoms with Crippen molar-refractivity contribution in [2.45, 2.75) is 58.3 Å². The summed E-state index contributed by atoms with van der Waals surface area (Å²) >= 11 is 3.32. The van der Waals surface area contributed by atoms with Gasteiger partial charge in [-0.05, 0) is 28.8 Å². The summed E-state index contributed by atoms with van der Waals surface area (Å²) in [5.74, 6) is 0. The van der Waals surface area contributed by atoms with Gasteiger partial charge in [-0.15, -0.1) is 0 Å². The van der Waals surface area contributed by atoms with Crippen LogP contribution in [0.4, 0.5) is 0 Å². The van der Waals surface area contributed by atoms with Gasteiger partial charge in [0.2, 0.25) is 0 Å². The monoisotopic (exact) mass is 284 g/mol. The fraction of sp³-hybridized carbons (Fsp3) is 0.692. The van der Waals surface area contributed by atoms with Gasteiger partial charge in [-0.3, -0.25) is 4.98 Å². The smallest absolute Gasteiger partial charge is 0.124 e. The highest BCUT2D eigenvalue weighted by molar-refractivity contribution is 9.10. The van der Waals surface area contributed by atoms with Crippen LogP contribution in [0.1, 0.15) is 58.6 Å². The normalized spacial score (nSPS) is 14.8. The molecule has 0 aliphatic heterocycles. The summed E-state index contributed by atoms with van der Waals surface area (Å²) in [4.78, 5) is 8.77. The molecule has 0 saturated heterocycles. The van der Waals surface area contributed by atoms with E-state index in [2.05, 4.69) is 46.7 Å². The Morgan fingerprint density at radius 2 is 1.94 bits per heavy atom. The van der Waals surface area contributed by atoms with E-state index in [1.807, 2.05) is 6.20 Å². The molecule has 1 atom stereocenters. The van der Waals surface area contributed by atoms with Crippen LogP contribution in [0.15, 0.2) is 17.0 Å². The number of hydrogen-bond donors (Lipinski definition) is 0. The zero-order valence-corrected chi connectivity index (χ0v) is 12.0. The summed E-state index contributed by atoms with van der Waals surface area (Å²) < 4.78 is 0.809. The predicted octanol–water partition coefficient (Wildman–Crippen LogP) is 4.49. The molecule has 1 aromatic heterocycles. The van der Waals surface area contributed by atoms with Crippen molar-refractivity contribution in [1.29, 1.82) is 0 Å². The van der Waals surface area contributed by atoms with Crippen molar-refractivity contribution in [3.8, 4) is 0 Å². The summed E-state index contributed by atoms with van der Waals surface area (Å²) in [7, 11) is 0. The van der Waals surface area contributed by atoms with E-state index in [-0.39, 0.29) is 5.41 Å². The SMILES string of the molecule is CCCCCC(C)(CC)c1cnc(Br)cn1.